The number of rotatable bonds is 5. The first-order chi connectivity index (χ1) is 7.27. The van der Waals surface area contributed by atoms with E-state index < -0.39 is 0 Å². The molecule has 5 heteroatoms. The van der Waals surface area contributed by atoms with Crippen LogP contribution in [0.3, 0.4) is 0 Å². The van der Waals surface area contributed by atoms with Crippen molar-refractivity contribution in [3.8, 4) is 0 Å². The van der Waals surface area contributed by atoms with Gasteiger partial charge in [-0.25, -0.2) is 0 Å². The average Bonchev–Trinajstić information content (AvgIpc) is 2.70. The molecule has 3 N–H and O–H groups in total. The normalized spacial score (nSPS) is 24.9. The standard InChI is InChI=1S/C11H21N3O.HI/c1-3-6-13-11(12)14-8-9-5-7-15-10(9)4-2;/h4,9-10H,2-3,5-8H2,1H3,(H3,12,13,14);1H/t9-,10-;/m0./s1. The fraction of sp³-hybridized carbons (Fsp3) is 0.727. The topological polar surface area (TPSA) is 59.6 Å². The maximum Gasteiger partial charge on any atom is 0.188 e. The SMILES string of the molecule is C=C[C@@H]1OCC[C@H]1CN=C(N)NCCC.I. The summed E-state index contributed by atoms with van der Waals surface area (Å²) in [5.74, 6) is 0.969. The zero-order valence-electron chi connectivity index (χ0n) is 9.82. The molecule has 1 aliphatic heterocycles. The number of nitrogens with one attached hydrogen (secondary N) is 1. The van der Waals surface area contributed by atoms with Crippen molar-refractivity contribution in [1.29, 1.82) is 0 Å². The zero-order chi connectivity index (χ0) is 11.1. The first kappa shape index (κ1) is 15.7. The van der Waals surface area contributed by atoms with Gasteiger partial charge in [-0.1, -0.05) is 13.0 Å². The molecule has 0 aliphatic carbocycles. The molecule has 0 bridgehead atoms. The maximum absolute atomic E-state index is 5.70. The van der Waals surface area contributed by atoms with E-state index in [-0.39, 0.29) is 30.1 Å². The van der Waals surface area contributed by atoms with Crippen LogP contribution in [0, 0.1) is 5.92 Å². The molecule has 0 aromatic carbocycles. The molecule has 0 saturated carbocycles. The Morgan fingerprint density at radius 1 is 1.69 bits per heavy atom. The Bertz CT molecular complexity index is 233. The van der Waals surface area contributed by atoms with Crippen molar-refractivity contribution in [2.75, 3.05) is 19.7 Å². The van der Waals surface area contributed by atoms with E-state index in [1.54, 1.807) is 0 Å². The van der Waals surface area contributed by atoms with Crippen LogP contribution >= 0.6 is 24.0 Å². The molecule has 0 unspecified atom stereocenters. The van der Waals surface area contributed by atoms with Crippen molar-refractivity contribution < 1.29 is 4.74 Å². The van der Waals surface area contributed by atoms with Crippen LogP contribution in [0.1, 0.15) is 19.8 Å². The highest BCUT2D eigenvalue weighted by atomic mass is 127. The van der Waals surface area contributed by atoms with Gasteiger partial charge in [-0.05, 0) is 12.8 Å². The zero-order valence-corrected chi connectivity index (χ0v) is 12.1. The van der Waals surface area contributed by atoms with Crippen LogP contribution in [0.5, 0.6) is 0 Å². The summed E-state index contributed by atoms with van der Waals surface area (Å²) < 4.78 is 5.48. The molecule has 1 aliphatic rings. The van der Waals surface area contributed by atoms with Gasteiger partial charge in [0.15, 0.2) is 5.96 Å². The molecule has 4 nitrogen and oxygen atoms in total. The molecule has 0 aromatic rings. The number of nitrogens with zero attached hydrogens (tertiary/aromatic N) is 1. The lowest BCUT2D eigenvalue weighted by atomic mass is 10.0. The van der Waals surface area contributed by atoms with Crippen molar-refractivity contribution in [2.45, 2.75) is 25.9 Å². The van der Waals surface area contributed by atoms with Crippen LogP contribution in [-0.4, -0.2) is 31.8 Å². The highest BCUT2D eigenvalue weighted by molar-refractivity contribution is 14.0. The summed E-state index contributed by atoms with van der Waals surface area (Å²) in [7, 11) is 0. The monoisotopic (exact) mass is 339 g/mol. The van der Waals surface area contributed by atoms with E-state index >= 15 is 0 Å². The van der Waals surface area contributed by atoms with E-state index in [9.17, 15) is 0 Å². The van der Waals surface area contributed by atoms with Crippen LogP contribution in [0.4, 0.5) is 0 Å². The number of aliphatic imine (C=N–C) groups is 1. The minimum atomic E-state index is 0. The Hall–Kier alpha value is -0.300. The smallest absolute Gasteiger partial charge is 0.188 e. The van der Waals surface area contributed by atoms with Gasteiger partial charge in [0.25, 0.3) is 0 Å². The summed E-state index contributed by atoms with van der Waals surface area (Å²) in [5, 5.41) is 3.05. The summed E-state index contributed by atoms with van der Waals surface area (Å²) in [6.45, 7) is 8.25. The highest BCUT2D eigenvalue weighted by Gasteiger charge is 2.25. The Labute approximate surface area is 115 Å². The lowest BCUT2D eigenvalue weighted by Gasteiger charge is -2.12. The van der Waals surface area contributed by atoms with Gasteiger partial charge in [-0.2, -0.15) is 0 Å². The molecule has 16 heavy (non-hydrogen) atoms. The Balaban J connectivity index is 0.00000225. The fourth-order valence-electron chi connectivity index (χ4n) is 1.64. The fourth-order valence-corrected chi connectivity index (χ4v) is 1.64. The summed E-state index contributed by atoms with van der Waals surface area (Å²) in [5.41, 5.74) is 5.70. The molecule has 0 radical (unpaired) electrons. The van der Waals surface area contributed by atoms with Crippen molar-refractivity contribution >= 4 is 29.9 Å². The van der Waals surface area contributed by atoms with Crippen molar-refractivity contribution in [2.24, 2.45) is 16.6 Å². The number of halogens is 1. The van der Waals surface area contributed by atoms with Gasteiger partial charge in [0.05, 0.1) is 6.10 Å². The van der Waals surface area contributed by atoms with E-state index in [1.165, 1.54) is 0 Å². The minimum Gasteiger partial charge on any atom is -0.374 e. The predicted octanol–water partition coefficient (Wildman–Crippen LogP) is 1.51. The quantitative estimate of drug-likeness (QED) is 0.346. The van der Waals surface area contributed by atoms with E-state index in [0.29, 0.717) is 11.9 Å². The van der Waals surface area contributed by atoms with Gasteiger partial charge in [0.1, 0.15) is 0 Å². The summed E-state index contributed by atoms with van der Waals surface area (Å²) in [6.07, 6.45) is 4.09. The van der Waals surface area contributed by atoms with Crippen LogP contribution in [0.25, 0.3) is 0 Å². The summed E-state index contributed by atoms with van der Waals surface area (Å²) in [6, 6.07) is 0. The molecule has 1 fully saturated rings. The van der Waals surface area contributed by atoms with Crippen LogP contribution in [0.2, 0.25) is 0 Å². The Morgan fingerprint density at radius 2 is 2.44 bits per heavy atom. The molecule has 0 spiro atoms. The van der Waals surface area contributed by atoms with Gasteiger partial charge in [0, 0.05) is 25.6 Å². The van der Waals surface area contributed by atoms with Crippen molar-refractivity contribution in [1.82, 2.24) is 5.32 Å². The molecular formula is C11H22IN3O. The van der Waals surface area contributed by atoms with E-state index in [1.807, 2.05) is 6.08 Å². The second-order valence-electron chi connectivity index (χ2n) is 3.77. The Morgan fingerprint density at radius 3 is 3.06 bits per heavy atom. The van der Waals surface area contributed by atoms with Crippen molar-refractivity contribution in [3.63, 3.8) is 0 Å². The minimum absolute atomic E-state index is 0. The predicted molar refractivity (Wildman–Crippen MR) is 78.2 cm³/mol. The second-order valence-corrected chi connectivity index (χ2v) is 3.77. The number of nitrogens with two attached hydrogens (primary N) is 1. The van der Waals surface area contributed by atoms with Gasteiger partial charge < -0.3 is 15.8 Å². The molecule has 1 rings (SSSR count). The third-order valence-corrected chi connectivity index (χ3v) is 2.55. The maximum atomic E-state index is 5.70. The molecule has 2 atom stereocenters. The van der Waals surface area contributed by atoms with Gasteiger partial charge in [0.2, 0.25) is 0 Å². The lowest BCUT2D eigenvalue weighted by Crippen LogP contribution is -2.33. The first-order valence-corrected chi connectivity index (χ1v) is 5.55. The van der Waals surface area contributed by atoms with Crippen LogP contribution < -0.4 is 11.1 Å². The van der Waals surface area contributed by atoms with E-state index in [0.717, 1.165) is 32.5 Å². The van der Waals surface area contributed by atoms with Gasteiger partial charge >= 0.3 is 0 Å². The lowest BCUT2D eigenvalue weighted by molar-refractivity contribution is 0.129. The molecule has 94 valence electrons. The second kappa shape index (κ2) is 8.81. The highest BCUT2D eigenvalue weighted by Crippen LogP contribution is 2.21. The number of hydrogen-bond donors (Lipinski definition) is 2. The van der Waals surface area contributed by atoms with Gasteiger partial charge in [-0.3, -0.25) is 4.99 Å². The third-order valence-electron chi connectivity index (χ3n) is 2.55. The largest absolute Gasteiger partial charge is 0.374 e. The molecule has 0 amide bonds. The first-order valence-electron chi connectivity index (χ1n) is 5.55. The van der Waals surface area contributed by atoms with Crippen molar-refractivity contribution in [3.05, 3.63) is 12.7 Å². The van der Waals surface area contributed by atoms with Crippen LogP contribution in [-0.2, 0) is 4.74 Å². The van der Waals surface area contributed by atoms with E-state index in [2.05, 4.69) is 23.8 Å². The van der Waals surface area contributed by atoms with E-state index in [4.69, 9.17) is 10.5 Å². The molecule has 0 aromatic heterocycles. The molecule has 1 saturated heterocycles. The Kier molecular flexibility index (Phi) is 8.64. The number of ether oxygens (including phenoxy) is 1. The molecular weight excluding hydrogens is 317 g/mol. The average molecular weight is 339 g/mol. The number of hydrogen-bond acceptors (Lipinski definition) is 2. The number of guanidine groups is 1. The third kappa shape index (κ3) is 5.16. The van der Waals surface area contributed by atoms with Gasteiger partial charge in [-0.15, -0.1) is 30.6 Å². The molecule has 1 heterocycles. The van der Waals surface area contributed by atoms with Crippen LogP contribution in [0.15, 0.2) is 17.6 Å². The summed E-state index contributed by atoms with van der Waals surface area (Å²) >= 11 is 0. The summed E-state index contributed by atoms with van der Waals surface area (Å²) in [4.78, 5) is 4.30.